The second-order valence-electron chi connectivity index (χ2n) is 4.50. The Labute approximate surface area is 124 Å². The lowest BCUT2D eigenvalue weighted by molar-refractivity contribution is 0.112. The van der Waals surface area contributed by atoms with Crippen LogP contribution in [0, 0.1) is 5.53 Å². The molecule has 3 heterocycles. The summed E-state index contributed by atoms with van der Waals surface area (Å²) in [4.78, 5) is 19.2. The number of aromatic nitrogens is 3. The van der Waals surface area contributed by atoms with Crippen molar-refractivity contribution >= 4 is 23.2 Å². The lowest BCUT2D eigenvalue weighted by Crippen LogP contribution is -2.13. The molecule has 0 bridgehead atoms. The van der Waals surface area contributed by atoms with Crippen molar-refractivity contribution in [2.45, 2.75) is 0 Å². The zero-order valence-electron chi connectivity index (χ0n) is 11.3. The van der Waals surface area contributed by atoms with Crippen molar-refractivity contribution in [2.24, 2.45) is 16.1 Å². The Kier molecular flexibility index (Phi) is 3.40. The molecule has 0 amide bonds. The Balaban J connectivity index is 2.12. The van der Waals surface area contributed by atoms with Gasteiger partial charge in [-0.25, -0.2) is 4.98 Å². The van der Waals surface area contributed by atoms with E-state index in [9.17, 15) is 4.79 Å². The van der Waals surface area contributed by atoms with E-state index in [1.807, 2.05) is 16.8 Å². The molecule has 8 nitrogen and oxygen atoms in total. The zero-order chi connectivity index (χ0) is 15.5. The molecule has 0 spiro atoms. The predicted molar refractivity (Wildman–Crippen MR) is 80.1 cm³/mol. The van der Waals surface area contributed by atoms with Crippen LogP contribution in [0.25, 0.3) is 16.7 Å². The van der Waals surface area contributed by atoms with Crippen LogP contribution in [-0.4, -0.2) is 26.7 Å². The third-order valence-corrected chi connectivity index (χ3v) is 3.14. The number of carbonyl (C=O) groups excluding carboxylic acids is 1. The molecule has 0 saturated heterocycles. The second-order valence-corrected chi connectivity index (χ2v) is 4.50. The van der Waals surface area contributed by atoms with Crippen molar-refractivity contribution in [3.8, 4) is 5.69 Å². The van der Waals surface area contributed by atoms with E-state index >= 15 is 0 Å². The number of fused-ring (bicyclic) bond motifs is 1. The van der Waals surface area contributed by atoms with E-state index in [1.54, 1.807) is 18.3 Å². The highest BCUT2D eigenvalue weighted by Crippen LogP contribution is 2.19. The monoisotopic (exact) mass is 293 g/mol. The van der Waals surface area contributed by atoms with Gasteiger partial charge in [0.15, 0.2) is 12.1 Å². The first-order chi connectivity index (χ1) is 10.7. The first-order valence-corrected chi connectivity index (χ1v) is 6.31. The molecule has 3 rings (SSSR count). The van der Waals surface area contributed by atoms with E-state index in [4.69, 9.17) is 11.3 Å². The number of nitrogens with two attached hydrogens (primary N) is 1. The van der Waals surface area contributed by atoms with Crippen molar-refractivity contribution in [2.75, 3.05) is 0 Å². The minimum absolute atomic E-state index is 0.108. The quantitative estimate of drug-likeness (QED) is 0.250. The Morgan fingerprint density at radius 2 is 2.18 bits per heavy atom. The number of pyridine rings is 2. The molecule has 3 N–H and O–H groups in total. The topological polar surface area (TPSA) is 122 Å². The molecule has 0 atom stereocenters. The number of hydrogen-bond donors (Lipinski definition) is 2. The maximum absolute atomic E-state index is 10.8. The Morgan fingerprint density at radius 3 is 2.95 bits per heavy atom. The fraction of sp³-hybridized carbons (Fsp3) is 0. The molecule has 8 heteroatoms. The van der Waals surface area contributed by atoms with Crippen LogP contribution in [0.15, 0.2) is 53.3 Å². The van der Waals surface area contributed by atoms with Crippen molar-refractivity contribution in [1.29, 1.82) is 5.53 Å². The summed E-state index contributed by atoms with van der Waals surface area (Å²) in [6.07, 6.45) is 7.29. The minimum atomic E-state index is 0.108. The van der Waals surface area contributed by atoms with Gasteiger partial charge < -0.3 is 5.73 Å². The van der Waals surface area contributed by atoms with Gasteiger partial charge in [0, 0.05) is 35.1 Å². The molecule has 0 aliphatic heterocycles. The molecular weight excluding hydrogens is 282 g/mol. The average molecular weight is 293 g/mol. The van der Waals surface area contributed by atoms with Gasteiger partial charge in [-0.2, -0.15) is 5.53 Å². The van der Waals surface area contributed by atoms with Gasteiger partial charge in [0.2, 0.25) is 0 Å². The fourth-order valence-corrected chi connectivity index (χ4v) is 2.12. The standard InChI is InChI=1S/C14H11N7O/c15-13(19-20-16)11-4-12(7-17-6-11)21-2-1-10-3-9(8-22)5-18-14(10)21/h1-8H,(H3,15,16,19). The summed E-state index contributed by atoms with van der Waals surface area (Å²) in [6, 6.07) is 5.39. The van der Waals surface area contributed by atoms with Gasteiger partial charge in [-0.1, -0.05) is 5.22 Å². The Hall–Kier alpha value is -3.42. The first kappa shape index (κ1) is 13.6. The third kappa shape index (κ3) is 2.33. The molecule has 0 aliphatic rings. The number of carbonyl (C=O) groups is 1. The normalized spacial score (nSPS) is 11.5. The van der Waals surface area contributed by atoms with Crippen LogP contribution in [0.1, 0.15) is 15.9 Å². The van der Waals surface area contributed by atoms with E-state index < -0.39 is 0 Å². The van der Waals surface area contributed by atoms with Crippen LogP contribution in [0.4, 0.5) is 0 Å². The van der Waals surface area contributed by atoms with Crippen LogP contribution in [0.2, 0.25) is 0 Å². The zero-order valence-corrected chi connectivity index (χ0v) is 11.3. The van der Waals surface area contributed by atoms with Gasteiger partial charge in [0.05, 0.1) is 11.9 Å². The van der Waals surface area contributed by atoms with Crippen LogP contribution in [-0.2, 0) is 0 Å². The lowest BCUT2D eigenvalue weighted by Gasteiger charge is -2.06. The highest BCUT2D eigenvalue weighted by molar-refractivity contribution is 5.97. The summed E-state index contributed by atoms with van der Waals surface area (Å²) in [6.45, 7) is 0. The Bertz CT molecular complexity index is 897. The van der Waals surface area contributed by atoms with Crippen molar-refractivity contribution in [3.63, 3.8) is 0 Å². The molecule has 3 aromatic heterocycles. The molecule has 108 valence electrons. The highest BCUT2D eigenvalue weighted by Gasteiger charge is 2.08. The molecule has 0 aliphatic carbocycles. The van der Waals surface area contributed by atoms with Crippen molar-refractivity contribution in [3.05, 3.63) is 54.1 Å². The summed E-state index contributed by atoms with van der Waals surface area (Å²) in [5, 5.41) is 7.24. The van der Waals surface area contributed by atoms with Crippen LogP contribution < -0.4 is 5.73 Å². The summed E-state index contributed by atoms with van der Waals surface area (Å²) in [5.74, 6) is 0.108. The number of aldehydes is 1. The van der Waals surface area contributed by atoms with Gasteiger partial charge in [0.1, 0.15) is 5.65 Å². The van der Waals surface area contributed by atoms with Gasteiger partial charge in [-0.05, 0) is 18.2 Å². The number of hydrogen-bond acceptors (Lipinski definition) is 5. The summed E-state index contributed by atoms with van der Waals surface area (Å²) < 4.78 is 1.82. The first-order valence-electron chi connectivity index (χ1n) is 6.31. The molecule has 3 aromatic rings. The fourth-order valence-electron chi connectivity index (χ4n) is 2.12. The third-order valence-electron chi connectivity index (χ3n) is 3.14. The number of nitrogens with zero attached hydrogens (tertiary/aromatic N) is 5. The van der Waals surface area contributed by atoms with E-state index in [0.29, 0.717) is 16.8 Å². The van der Waals surface area contributed by atoms with Gasteiger partial charge in [-0.3, -0.25) is 14.3 Å². The van der Waals surface area contributed by atoms with Crippen LogP contribution in [0.3, 0.4) is 0 Å². The summed E-state index contributed by atoms with van der Waals surface area (Å²) in [7, 11) is 0. The van der Waals surface area contributed by atoms with E-state index in [0.717, 1.165) is 17.4 Å². The summed E-state index contributed by atoms with van der Waals surface area (Å²) in [5.41, 5.74) is 14.9. The molecule has 0 fully saturated rings. The average Bonchev–Trinajstić information content (AvgIpc) is 2.98. The highest BCUT2D eigenvalue weighted by atomic mass is 16.1. The van der Waals surface area contributed by atoms with E-state index in [2.05, 4.69) is 20.3 Å². The predicted octanol–water partition coefficient (Wildman–Crippen LogP) is 1.88. The maximum Gasteiger partial charge on any atom is 0.156 e. The van der Waals surface area contributed by atoms with Gasteiger partial charge in [-0.15, -0.1) is 5.10 Å². The van der Waals surface area contributed by atoms with E-state index in [1.165, 1.54) is 12.4 Å². The second kappa shape index (κ2) is 5.52. The van der Waals surface area contributed by atoms with E-state index in [-0.39, 0.29) is 5.84 Å². The number of nitrogens with one attached hydrogen (secondary N) is 1. The summed E-state index contributed by atoms with van der Waals surface area (Å²) >= 11 is 0. The largest absolute Gasteiger partial charge is 0.382 e. The van der Waals surface area contributed by atoms with Crippen molar-refractivity contribution in [1.82, 2.24) is 14.5 Å². The van der Waals surface area contributed by atoms with Crippen LogP contribution >= 0.6 is 0 Å². The van der Waals surface area contributed by atoms with Gasteiger partial charge >= 0.3 is 0 Å². The van der Waals surface area contributed by atoms with Crippen molar-refractivity contribution < 1.29 is 4.79 Å². The molecule has 22 heavy (non-hydrogen) atoms. The maximum atomic E-state index is 10.8. The van der Waals surface area contributed by atoms with Crippen LogP contribution in [0.5, 0.6) is 0 Å². The number of amidine groups is 1. The molecule has 0 aromatic carbocycles. The SMILES string of the molecule is N=NN=C(N)c1cncc(-n2ccc3cc(C=O)cnc32)c1. The molecule has 0 radical (unpaired) electrons. The Morgan fingerprint density at radius 1 is 1.32 bits per heavy atom. The molecular formula is C14H11N7O. The minimum Gasteiger partial charge on any atom is -0.382 e. The number of rotatable bonds is 4. The lowest BCUT2D eigenvalue weighted by atomic mass is 10.2. The molecule has 0 saturated carbocycles. The molecule has 0 unspecified atom stereocenters. The smallest absolute Gasteiger partial charge is 0.156 e. The van der Waals surface area contributed by atoms with Gasteiger partial charge in [0.25, 0.3) is 0 Å².